The van der Waals surface area contributed by atoms with Crippen LogP contribution in [0, 0.1) is 0 Å². The third-order valence-corrected chi connectivity index (χ3v) is 7.20. The number of aromatic hydroxyl groups is 1. The van der Waals surface area contributed by atoms with E-state index >= 15 is 0 Å². The fourth-order valence-electron chi connectivity index (χ4n) is 4.12. The highest BCUT2D eigenvalue weighted by atomic mass is 35.5. The summed E-state index contributed by atoms with van der Waals surface area (Å²) in [6.45, 7) is 14.7. The number of urea groups is 1. The standard InChI is InChI=1S/C30H43Cl2N3O3/c1-9-10-11-12-13-14-35(8)28(38)34-25-18-23(32)22(31)17-24(25)33-27(37)19-15-20(29(2,3)4)26(36)21(16-19)30(5,6)7/h15-18,36H,9-14H2,1-8H3,(H,33,37)(H,34,38). The van der Waals surface area contributed by atoms with Crippen LogP contribution in [0.15, 0.2) is 24.3 Å². The van der Waals surface area contributed by atoms with E-state index in [9.17, 15) is 14.7 Å². The lowest BCUT2D eigenvalue weighted by molar-refractivity contribution is 0.102. The number of anilines is 2. The van der Waals surface area contributed by atoms with Crippen molar-refractivity contribution in [2.45, 2.75) is 91.4 Å². The molecule has 3 amide bonds. The number of carbonyl (C=O) groups excluding carboxylic acids is 2. The molecule has 8 heteroatoms. The van der Waals surface area contributed by atoms with Crippen LogP contribution in [0.3, 0.4) is 0 Å². The van der Waals surface area contributed by atoms with Gasteiger partial charge in [-0.2, -0.15) is 0 Å². The quantitative estimate of drug-likeness (QED) is 0.266. The molecular weight excluding hydrogens is 521 g/mol. The van der Waals surface area contributed by atoms with Gasteiger partial charge in [0.25, 0.3) is 5.91 Å². The zero-order valence-electron chi connectivity index (χ0n) is 24.0. The van der Waals surface area contributed by atoms with Crippen LogP contribution in [0.2, 0.25) is 10.0 Å². The molecule has 0 radical (unpaired) electrons. The van der Waals surface area contributed by atoms with Gasteiger partial charge in [-0.15, -0.1) is 0 Å². The second kappa shape index (κ2) is 13.1. The van der Waals surface area contributed by atoms with Crippen LogP contribution in [0.5, 0.6) is 5.75 Å². The van der Waals surface area contributed by atoms with Crippen molar-refractivity contribution >= 4 is 46.5 Å². The Hall–Kier alpha value is -2.44. The number of hydrogen-bond acceptors (Lipinski definition) is 3. The molecule has 6 nitrogen and oxygen atoms in total. The Kier molecular flexibility index (Phi) is 10.9. The van der Waals surface area contributed by atoms with Gasteiger partial charge in [-0.25, -0.2) is 4.79 Å². The van der Waals surface area contributed by atoms with Gasteiger partial charge in [-0.3, -0.25) is 4.79 Å². The van der Waals surface area contributed by atoms with E-state index in [1.807, 2.05) is 41.5 Å². The maximum absolute atomic E-state index is 13.5. The summed E-state index contributed by atoms with van der Waals surface area (Å²) in [7, 11) is 1.74. The number of unbranched alkanes of at least 4 members (excludes halogenated alkanes) is 4. The molecule has 0 heterocycles. The van der Waals surface area contributed by atoms with Crippen molar-refractivity contribution in [3.63, 3.8) is 0 Å². The Morgan fingerprint density at radius 3 is 1.76 bits per heavy atom. The maximum atomic E-state index is 13.5. The number of carbonyl (C=O) groups is 2. The van der Waals surface area contributed by atoms with E-state index in [1.54, 1.807) is 24.1 Å². The number of phenolic OH excluding ortho intramolecular Hbond substituents is 1. The van der Waals surface area contributed by atoms with Crippen LogP contribution < -0.4 is 10.6 Å². The lowest BCUT2D eigenvalue weighted by Crippen LogP contribution is -2.32. The molecule has 0 fully saturated rings. The number of benzene rings is 2. The maximum Gasteiger partial charge on any atom is 0.321 e. The van der Waals surface area contributed by atoms with Crippen LogP contribution in [0.1, 0.15) is 102 Å². The van der Waals surface area contributed by atoms with E-state index in [-0.39, 0.29) is 38.6 Å². The molecule has 2 rings (SSSR count). The predicted octanol–water partition coefficient (Wildman–Crippen LogP) is 8.98. The average Bonchev–Trinajstić information content (AvgIpc) is 2.80. The first kappa shape index (κ1) is 31.8. The van der Waals surface area contributed by atoms with Gasteiger partial charge in [0.15, 0.2) is 0 Å². The predicted molar refractivity (Wildman–Crippen MR) is 160 cm³/mol. The molecule has 0 unspecified atom stereocenters. The number of nitrogens with one attached hydrogen (secondary N) is 2. The number of rotatable bonds is 9. The lowest BCUT2D eigenvalue weighted by Gasteiger charge is -2.28. The van der Waals surface area contributed by atoms with Gasteiger partial charge >= 0.3 is 6.03 Å². The molecule has 0 saturated heterocycles. The van der Waals surface area contributed by atoms with Crippen LogP contribution in [-0.4, -0.2) is 35.5 Å². The highest BCUT2D eigenvalue weighted by Crippen LogP contribution is 2.40. The number of phenols is 1. The Balaban J connectivity index is 2.34. The summed E-state index contributed by atoms with van der Waals surface area (Å²) in [5.41, 5.74) is 1.66. The molecule has 0 spiro atoms. The fraction of sp³-hybridized carbons (Fsp3) is 0.533. The Bertz CT molecular complexity index is 1120. The van der Waals surface area contributed by atoms with Crippen molar-refractivity contribution < 1.29 is 14.7 Å². The first-order valence-electron chi connectivity index (χ1n) is 13.3. The number of hydrogen-bond donors (Lipinski definition) is 3. The van der Waals surface area contributed by atoms with Crippen molar-refractivity contribution in [3.05, 3.63) is 51.0 Å². The number of halogens is 2. The van der Waals surface area contributed by atoms with Crippen molar-refractivity contribution in [3.8, 4) is 5.75 Å². The summed E-state index contributed by atoms with van der Waals surface area (Å²) in [5.74, 6) is -0.194. The largest absolute Gasteiger partial charge is 0.507 e. The molecule has 0 aliphatic heterocycles. The zero-order valence-corrected chi connectivity index (χ0v) is 25.5. The first-order chi connectivity index (χ1) is 17.6. The van der Waals surface area contributed by atoms with Gasteiger partial charge in [0, 0.05) is 30.3 Å². The summed E-state index contributed by atoms with van der Waals surface area (Å²) < 4.78 is 0. The van der Waals surface area contributed by atoms with Crippen molar-refractivity contribution in [2.24, 2.45) is 0 Å². The smallest absolute Gasteiger partial charge is 0.321 e. The molecule has 38 heavy (non-hydrogen) atoms. The van der Waals surface area contributed by atoms with Crippen LogP contribution >= 0.6 is 23.2 Å². The molecule has 0 aromatic heterocycles. The molecule has 3 N–H and O–H groups in total. The lowest BCUT2D eigenvalue weighted by atomic mass is 9.78. The molecule has 0 atom stereocenters. The minimum Gasteiger partial charge on any atom is -0.507 e. The minimum atomic E-state index is -0.390. The summed E-state index contributed by atoms with van der Waals surface area (Å²) in [4.78, 5) is 28.0. The second-order valence-corrected chi connectivity index (χ2v) is 12.8. The summed E-state index contributed by atoms with van der Waals surface area (Å²) >= 11 is 12.5. The van der Waals surface area contributed by atoms with E-state index in [2.05, 4.69) is 17.6 Å². The second-order valence-electron chi connectivity index (χ2n) is 12.0. The fourth-order valence-corrected chi connectivity index (χ4v) is 4.45. The highest BCUT2D eigenvalue weighted by Gasteiger charge is 2.28. The van der Waals surface area contributed by atoms with Crippen LogP contribution in [-0.2, 0) is 10.8 Å². The summed E-state index contributed by atoms with van der Waals surface area (Å²) in [6.07, 6.45) is 5.50. The minimum absolute atomic E-state index is 0.196. The van der Waals surface area contributed by atoms with Crippen molar-refractivity contribution in [1.29, 1.82) is 0 Å². The topological polar surface area (TPSA) is 81.7 Å². The molecule has 210 valence electrons. The summed E-state index contributed by atoms with van der Waals surface area (Å²) in [6, 6.07) is 6.18. The van der Waals surface area contributed by atoms with Gasteiger partial charge in [0.1, 0.15) is 5.75 Å². The molecular formula is C30H43Cl2N3O3. The Morgan fingerprint density at radius 1 is 0.816 bits per heavy atom. The third-order valence-electron chi connectivity index (χ3n) is 6.48. The van der Waals surface area contributed by atoms with Gasteiger partial charge in [0.2, 0.25) is 0 Å². The van der Waals surface area contributed by atoms with Gasteiger partial charge in [0.05, 0.1) is 21.4 Å². The van der Waals surface area contributed by atoms with E-state index in [4.69, 9.17) is 23.2 Å². The molecule has 2 aromatic rings. The first-order valence-corrected chi connectivity index (χ1v) is 14.0. The molecule has 0 aliphatic carbocycles. The Morgan fingerprint density at radius 2 is 1.29 bits per heavy atom. The van der Waals surface area contributed by atoms with E-state index in [1.165, 1.54) is 25.0 Å². The zero-order chi connectivity index (χ0) is 28.8. The molecule has 0 saturated carbocycles. The van der Waals surface area contributed by atoms with Crippen molar-refractivity contribution in [1.82, 2.24) is 4.90 Å². The van der Waals surface area contributed by atoms with Gasteiger partial charge in [-0.1, -0.05) is 97.4 Å². The average molecular weight is 565 g/mol. The van der Waals surface area contributed by atoms with Crippen LogP contribution in [0.4, 0.5) is 16.2 Å². The Labute approximate surface area is 238 Å². The van der Waals surface area contributed by atoms with E-state index in [0.29, 0.717) is 34.6 Å². The third kappa shape index (κ3) is 8.54. The molecule has 0 aliphatic rings. The van der Waals surface area contributed by atoms with Gasteiger partial charge < -0.3 is 20.6 Å². The SMILES string of the molecule is CCCCCCCN(C)C(=O)Nc1cc(Cl)c(Cl)cc1NC(=O)c1cc(C(C)(C)C)c(O)c(C(C)(C)C)c1. The monoisotopic (exact) mass is 563 g/mol. The summed E-state index contributed by atoms with van der Waals surface area (Å²) in [5, 5.41) is 17.3. The van der Waals surface area contributed by atoms with E-state index < -0.39 is 0 Å². The van der Waals surface area contributed by atoms with E-state index in [0.717, 1.165) is 19.3 Å². The number of amides is 3. The molecule has 0 bridgehead atoms. The normalized spacial score (nSPS) is 11.8. The van der Waals surface area contributed by atoms with Crippen molar-refractivity contribution in [2.75, 3.05) is 24.2 Å². The highest BCUT2D eigenvalue weighted by molar-refractivity contribution is 6.42. The molecule has 2 aromatic carbocycles. The number of nitrogens with zero attached hydrogens (tertiary/aromatic N) is 1. The van der Waals surface area contributed by atoms with Gasteiger partial charge in [-0.05, 0) is 41.5 Å². The van der Waals surface area contributed by atoms with Crippen LogP contribution in [0.25, 0.3) is 0 Å².